The largest absolute Gasteiger partial charge is 0.413 e. The average molecular weight is 497 g/mol. The number of pyridine rings is 1. The topological polar surface area (TPSA) is 71.5 Å². The molecular formula is C24H31ClF2N2O3Si. The van der Waals surface area contributed by atoms with Crippen molar-refractivity contribution in [2.24, 2.45) is 0 Å². The minimum Gasteiger partial charge on any atom is -0.413 e. The number of nitrogens with zero attached hydrogens (tertiary/aromatic N) is 1. The van der Waals surface area contributed by atoms with Gasteiger partial charge in [-0.1, -0.05) is 38.4 Å². The van der Waals surface area contributed by atoms with Gasteiger partial charge in [0, 0.05) is 23.3 Å². The summed E-state index contributed by atoms with van der Waals surface area (Å²) in [7, 11) is -2.12. The first kappa shape index (κ1) is 25.7. The molecule has 180 valence electrons. The van der Waals surface area contributed by atoms with Gasteiger partial charge in [0.2, 0.25) is 5.67 Å². The summed E-state index contributed by atoms with van der Waals surface area (Å²) in [6.07, 6.45) is 0.454. The summed E-state index contributed by atoms with van der Waals surface area (Å²) in [5.41, 5.74) is -1.10. The lowest BCUT2D eigenvalue weighted by Crippen LogP contribution is -2.44. The highest BCUT2D eigenvalue weighted by Gasteiger charge is 2.46. The zero-order valence-electron chi connectivity index (χ0n) is 19.6. The molecule has 0 radical (unpaired) electrons. The van der Waals surface area contributed by atoms with E-state index in [1.807, 2.05) is 0 Å². The van der Waals surface area contributed by atoms with E-state index in [0.29, 0.717) is 11.1 Å². The van der Waals surface area contributed by atoms with Crippen molar-refractivity contribution in [3.05, 3.63) is 63.7 Å². The molecule has 1 aliphatic carbocycles. The molecule has 2 aromatic rings. The molecule has 3 rings (SSSR count). The summed E-state index contributed by atoms with van der Waals surface area (Å²) in [5, 5.41) is 12.9. The third-order valence-corrected chi connectivity index (χ3v) is 11.6. The van der Waals surface area contributed by atoms with Gasteiger partial charge in [-0.2, -0.15) is 0 Å². The molecule has 0 unspecified atom stereocenters. The van der Waals surface area contributed by atoms with Crippen molar-refractivity contribution in [2.75, 3.05) is 0 Å². The number of aliphatic hydroxyl groups excluding tert-OH is 1. The van der Waals surface area contributed by atoms with Gasteiger partial charge in [-0.3, -0.25) is 9.78 Å². The van der Waals surface area contributed by atoms with Crippen molar-refractivity contribution in [3.8, 4) is 0 Å². The van der Waals surface area contributed by atoms with Crippen LogP contribution in [0.4, 0.5) is 8.78 Å². The first-order valence-electron chi connectivity index (χ1n) is 11.0. The SMILES string of the molecule is CC(C)(C)[Si](C)(C)OCc1cc(F)cc(Cl)c1CNC(=O)[C@]1(F)CC[C@H](O)c2ncccc21. The molecule has 1 aromatic heterocycles. The Labute approximate surface area is 199 Å². The fraction of sp³-hybridized carbons (Fsp3) is 0.500. The first-order valence-corrected chi connectivity index (χ1v) is 14.3. The molecule has 1 aliphatic rings. The Kier molecular flexibility index (Phi) is 7.34. The molecule has 0 saturated carbocycles. The Morgan fingerprint density at radius 1 is 1.39 bits per heavy atom. The van der Waals surface area contributed by atoms with Crippen molar-refractivity contribution in [3.63, 3.8) is 0 Å². The van der Waals surface area contributed by atoms with Crippen LogP contribution in [0.15, 0.2) is 30.5 Å². The smallest absolute Gasteiger partial charge is 0.262 e. The minimum atomic E-state index is -2.33. The summed E-state index contributed by atoms with van der Waals surface area (Å²) >= 11 is 6.31. The van der Waals surface area contributed by atoms with E-state index in [9.17, 15) is 14.3 Å². The predicted octanol–water partition coefficient (Wildman–Crippen LogP) is 5.70. The number of aromatic nitrogens is 1. The summed E-state index contributed by atoms with van der Waals surface area (Å²) in [6, 6.07) is 5.50. The van der Waals surface area contributed by atoms with Gasteiger partial charge in [-0.15, -0.1) is 0 Å². The first-order chi connectivity index (χ1) is 15.3. The zero-order chi connectivity index (χ0) is 24.6. The van der Waals surface area contributed by atoms with Crippen molar-refractivity contribution in [2.45, 2.75) is 76.7 Å². The second-order valence-electron chi connectivity index (χ2n) is 10.0. The van der Waals surface area contributed by atoms with Gasteiger partial charge in [-0.25, -0.2) is 8.78 Å². The number of benzene rings is 1. The van der Waals surface area contributed by atoms with E-state index in [1.54, 1.807) is 0 Å². The number of nitrogens with one attached hydrogen (secondary N) is 1. The quantitative estimate of drug-likeness (QED) is 0.503. The van der Waals surface area contributed by atoms with Crippen molar-refractivity contribution >= 4 is 25.8 Å². The van der Waals surface area contributed by atoms with Gasteiger partial charge in [0.1, 0.15) is 5.82 Å². The van der Waals surface area contributed by atoms with Crippen LogP contribution in [0.5, 0.6) is 0 Å². The van der Waals surface area contributed by atoms with Gasteiger partial charge in [0.05, 0.1) is 18.4 Å². The number of alkyl halides is 1. The van der Waals surface area contributed by atoms with Crippen molar-refractivity contribution in [1.82, 2.24) is 10.3 Å². The number of hydrogen-bond donors (Lipinski definition) is 2. The Morgan fingerprint density at radius 3 is 2.76 bits per heavy atom. The monoisotopic (exact) mass is 496 g/mol. The Bertz CT molecular complexity index is 1040. The Morgan fingerprint density at radius 2 is 2.09 bits per heavy atom. The summed E-state index contributed by atoms with van der Waals surface area (Å²) in [5.74, 6) is -1.35. The molecule has 0 fully saturated rings. The summed E-state index contributed by atoms with van der Waals surface area (Å²) in [6.45, 7) is 10.5. The molecule has 9 heteroatoms. The number of rotatable bonds is 6. The molecule has 33 heavy (non-hydrogen) atoms. The van der Waals surface area contributed by atoms with Crippen LogP contribution in [0.1, 0.15) is 62.1 Å². The molecule has 0 aliphatic heterocycles. The van der Waals surface area contributed by atoms with Crippen LogP contribution < -0.4 is 5.32 Å². The van der Waals surface area contributed by atoms with Gasteiger partial charge in [-0.05, 0) is 60.3 Å². The fourth-order valence-corrected chi connectivity index (χ4v) is 4.87. The molecular weight excluding hydrogens is 466 g/mol. The number of carbonyl (C=O) groups excluding carboxylic acids is 1. The van der Waals surface area contributed by atoms with Crippen molar-refractivity contribution in [1.29, 1.82) is 0 Å². The van der Waals surface area contributed by atoms with E-state index < -0.39 is 31.8 Å². The van der Waals surface area contributed by atoms with Crippen LogP contribution in [-0.4, -0.2) is 24.3 Å². The van der Waals surface area contributed by atoms with Crippen LogP contribution in [0.2, 0.25) is 23.2 Å². The third kappa shape index (κ3) is 5.29. The zero-order valence-corrected chi connectivity index (χ0v) is 21.4. The van der Waals surface area contributed by atoms with E-state index in [1.165, 1.54) is 30.5 Å². The van der Waals surface area contributed by atoms with Gasteiger partial charge in [0.25, 0.3) is 5.91 Å². The lowest BCUT2D eigenvalue weighted by Gasteiger charge is -2.36. The second-order valence-corrected chi connectivity index (χ2v) is 15.3. The molecule has 2 N–H and O–H groups in total. The lowest BCUT2D eigenvalue weighted by atomic mass is 9.81. The Balaban J connectivity index is 1.82. The number of amides is 1. The molecule has 1 aromatic carbocycles. The standard InChI is InChI=1S/C24H31ClF2N2O3Si/c1-23(2,3)33(4,5)32-14-15-11-16(26)12-19(25)17(15)13-29-22(31)24(27)9-8-20(30)21-18(24)7-6-10-28-21/h6-7,10-12,20,30H,8-9,13-14H2,1-5H3,(H,29,31)/t20-,24-/m0/s1. The van der Waals surface area contributed by atoms with E-state index in [4.69, 9.17) is 16.0 Å². The highest BCUT2D eigenvalue weighted by Crippen LogP contribution is 2.42. The summed E-state index contributed by atoms with van der Waals surface area (Å²) < 4.78 is 36.2. The number of fused-ring (bicyclic) bond motifs is 1. The van der Waals surface area contributed by atoms with Crippen LogP contribution in [0, 0.1) is 5.82 Å². The minimum absolute atomic E-state index is 0.0356. The predicted molar refractivity (Wildman–Crippen MR) is 126 cm³/mol. The van der Waals surface area contributed by atoms with E-state index in [-0.39, 0.29) is 47.3 Å². The molecule has 0 spiro atoms. The van der Waals surface area contributed by atoms with Gasteiger partial charge >= 0.3 is 0 Å². The molecule has 1 heterocycles. The highest BCUT2D eigenvalue weighted by atomic mass is 35.5. The van der Waals surface area contributed by atoms with E-state index in [0.717, 1.165) is 0 Å². The maximum Gasteiger partial charge on any atom is 0.262 e. The fourth-order valence-electron chi connectivity index (χ4n) is 3.63. The Hall–Kier alpha value is -1.87. The van der Waals surface area contributed by atoms with Crippen LogP contribution >= 0.6 is 11.6 Å². The summed E-state index contributed by atoms with van der Waals surface area (Å²) in [4.78, 5) is 17.0. The number of aliphatic hydroxyl groups is 1. The van der Waals surface area contributed by atoms with E-state index in [2.05, 4.69) is 44.2 Å². The van der Waals surface area contributed by atoms with Crippen LogP contribution in [0.25, 0.3) is 0 Å². The van der Waals surface area contributed by atoms with Gasteiger partial charge < -0.3 is 14.8 Å². The molecule has 0 saturated heterocycles. The van der Waals surface area contributed by atoms with Crippen LogP contribution in [0.3, 0.4) is 0 Å². The number of carbonyl (C=O) groups is 1. The normalized spacial score (nSPS) is 20.9. The van der Waals surface area contributed by atoms with E-state index >= 15 is 4.39 Å². The maximum atomic E-state index is 15.9. The average Bonchev–Trinajstić information content (AvgIpc) is 2.73. The number of hydrogen-bond acceptors (Lipinski definition) is 4. The third-order valence-electron chi connectivity index (χ3n) is 6.78. The molecule has 0 bridgehead atoms. The lowest BCUT2D eigenvalue weighted by molar-refractivity contribution is -0.135. The molecule has 5 nitrogen and oxygen atoms in total. The van der Waals surface area contributed by atoms with Gasteiger partial charge in [0.15, 0.2) is 8.32 Å². The highest BCUT2D eigenvalue weighted by molar-refractivity contribution is 6.74. The van der Waals surface area contributed by atoms with Crippen molar-refractivity contribution < 1.29 is 23.1 Å². The number of halogens is 3. The van der Waals surface area contributed by atoms with Crippen LogP contribution in [-0.2, 0) is 28.0 Å². The molecule has 2 atom stereocenters. The maximum absolute atomic E-state index is 15.9. The second kappa shape index (κ2) is 9.41. The molecule has 1 amide bonds.